The van der Waals surface area contributed by atoms with E-state index in [0.29, 0.717) is 11.8 Å². The van der Waals surface area contributed by atoms with Crippen molar-refractivity contribution in [2.75, 3.05) is 6.26 Å². The summed E-state index contributed by atoms with van der Waals surface area (Å²) in [4.78, 5) is 4.37. The molecule has 2 bridgehead atoms. The van der Waals surface area contributed by atoms with Gasteiger partial charge in [0.25, 0.3) is 0 Å². The molecule has 0 aliphatic heterocycles. The quantitative estimate of drug-likeness (QED) is 0.554. The van der Waals surface area contributed by atoms with Crippen LogP contribution in [-0.4, -0.2) is 25.7 Å². The molecule has 2 spiro atoms. The highest BCUT2D eigenvalue weighted by atomic mass is 32.2. The summed E-state index contributed by atoms with van der Waals surface area (Å²) in [5.41, 5.74) is 5.47. The number of allylic oxidation sites excluding steroid dienone is 4. The van der Waals surface area contributed by atoms with E-state index in [-0.39, 0.29) is 22.3 Å². The number of nitrogens with one attached hydrogen (secondary N) is 1. The number of fused-ring (bicyclic) bond motifs is 2. The zero-order chi connectivity index (χ0) is 24.1. The highest BCUT2D eigenvalue weighted by Gasteiger charge is 2.65. The monoisotopic (exact) mass is 488 g/mol. The minimum atomic E-state index is -3.17. The van der Waals surface area contributed by atoms with E-state index in [0.717, 1.165) is 19.3 Å². The van der Waals surface area contributed by atoms with Crippen molar-refractivity contribution in [3.05, 3.63) is 65.5 Å². The van der Waals surface area contributed by atoms with Crippen LogP contribution in [0.15, 0.2) is 60.0 Å². The fraction of sp³-hybridized carbons (Fsp3) is 0.567. The molecule has 4 nitrogen and oxygen atoms in total. The first-order valence-electron chi connectivity index (χ1n) is 13.4. The van der Waals surface area contributed by atoms with Gasteiger partial charge in [-0.2, -0.15) is 0 Å². The van der Waals surface area contributed by atoms with Crippen LogP contribution in [0, 0.1) is 22.2 Å². The van der Waals surface area contributed by atoms with Gasteiger partial charge in [0.2, 0.25) is 10.0 Å². The van der Waals surface area contributed by atoms with E-state index in [9.17, 15) is 8.42 Å². The second-order valence-corrected chi connectivity index (χ2v) is 14.4. The predicted octanol–water partition coefficient (Wildman–Crippen LogP) is 6.26. The molecule has 0 amide bonds. The Bertz CT molecular complexity index is 1390. The van der Waals surface area contributed by atoms with Crippen LogP contribution in [0.25, 0.3) is 10.8 Å². The molecule has 1 aromatic carbocycles. The fourth-order valence-electron chi connectivity index (χ4n) is 9.58. The Morgan fingerprint density at radius 3 is 2.83 bits per heavy atom. The lowest BCUT2D eigenvalue weighted by molar-refractivity contribution is 0.0549. The number of hydrogen-bond acceptors (Lipinski definition) is 3. The Morgan fingerprint density at radius 2 is 1.97 bits per heavy atom. The number of aromatic nitrogens is 1. The molecule has 7 rings (SSSR count). The van der Waals surface area contributed by atoms with Crippen molar-refractivity contribution in [1.82, 2.24) is 9.71 Å². The van der Waals surface area contributed by atoms with Crippen LogP contribution in [0.4, 0.5) is 0 Å². The number of sulfonamides is 1. The Morgan fingerprint density at radius 1 is 1.09 bits per heavy atom. The summed E-state index contributed by atoms with van der Waals surface area (Å²) in [6.45, 7) is 2.57. The van der Waals surface area contributed by atoms with Gasteiger partial charge in [0, 0.05) is 23.8 Å². The smallest absolute Gasteiger partial charge is 0.208 e. The molecule has 5 aliphatic rings. The van der Waals surface area contributed by atoms with E-state index in [2.05, 4.69) is 53.0 Å². The third-order valence-electron chi connectivity index (χ3n) is 10.9. The topological polar surface area (TPSA) is 59.1 Å². The van der Waals surface area contributed by atoms with Gasteiger partial charge >= 0.3 is 0 Å². The second-order valence-electron chi connectivity index (χ2n) is 12.6. The van der Waals surface area contributed by atoms with Crippen LogP contribution in [0.3, 0.4) is 0 Å². The zero-order valence-electron chi connectivity index (χ0n) is 20.9. The van der Waals surface area contributed by atoms with Crippen LogP contribution in [0.2, 0.25) is 0 Å². The minimum absolute atomic E-state index is 0.0836. The summed E-state index contributed by atoms with van der Waals surface area (Å²) in [7, 11) is -3.17. The molecule has 1 aromatic heterocycles. The van der Waals surface area contributed by atoms with Crippen LogP contribution < -0.4 is 4.72 Å². The molecule has 2 aromatic rings. The number of benzene rings is 1. The normalized spacial score (nSPS) is 40.0. The SMILES string of the molecule is C[C@]12CC=C3C=C4CC[C@@H](NS(C)(=O)=O)C[C@]45CC[C@]3(C5)[C@@H]1CC[C@@H]2c1ccc2ccncc2c1. The summed E-state index contributed by atoms with van der Waals surface area (Å²) in [6, 6.07) is 9.24. The van der Waals surface area contributed by atoms with E-state index in [1.807, 2.05) is 12.4 Å². The van der Waals surface area contributed by atoms with Gasteiger partial charge in [0.15, 0.2) is 0 Å². The lowest BCUT2D eigenvalue weighted by Crippen LogP contribution is -2.47. The lowest BCUT2D eigenvalue weighted by atomic mass is 9.50. The Kier molecular flexibility index (Phi) is 4.63. The number of hydrogen-bond donors (Lipinski definition) is 1. The Hall–Kier alpha value is -1.98. The van der Waals surface area contributed by atoms with Crippen molar-refractivity contribution in [1.29, 1.82) is 0 Å². The largest absolute Gasteiger partial charge is 0.264 e. The molecule has 35 heavy (non-hydrogen) atoms. The van der Waals surface area contributed by atoms with Crippen molar-refractivity contribution >= 4 is 20.8 Å². The first-order chi connectivity index (χ1) is 16.7. The summed E-state index contributed by atoms with van der Waals surface area (Å²) in [5.74, 6) is 1.28. The van der Waals surface area contributed by atoms with Crippen molar-refractivity contribution in [2.45, 2.75) is 76.7 Å². The number of rotatable bonds is 3. The first-order valence-corrected chi connectivity index (χ1v) is 15.3. The van der Waals surface area contributed by atoms with Gasteiger partial charge in [-0.05, 0) is 115 Å². The van der Waals surface area contributed by atoms with Crippen molar-refractivity contribution < 1.29 is 8.42 Å². The van der Waals surface area contributed by atoms with Gasteiger partial charge in [-0.15, -0.1) is 0 Å². The van der Waals surface area contributed by atoms with Crippen LogP contribution in [0.1, 0.15) is 76.2 Å². The van der Waals surface area contributed by atoms with Crippen molar-refractivity contribution in [3.63, 3.8) is 0 Å². The summed E-state index contributed by atoms with van der Waals surface area (Å²) in [5, 5.41) is 2.52. The van der Waals surface area contributed by atoms with E-state index in [1.165, 1.54) is 61.1 Å². The lowest BCUT2D eigenvalue weighted by Gasteiger charge is -2.55. The highest BCUT2D eigenvalue weighted by Crippen LogP contribution is 2.75. The van der Waals surface area contributed by atoms with Gasteiger partial charge in [0.05, 0.1) is 6.26 Å². The maximum atomic E-state index is 12.0. The van der Waals surface area contributed by atoms with Gasteiger partial charge < -0.3 is 0 Å². The Balaban J connectivity index is 1.24. The molecule has 5 heteroatoms. The van der Waals surface area contributed by atoms with Crippen molar-refractivity contribution in [3.8, 4) is 0 Å². The van der Waals surface area contributed by atoms with Gasteiger partial charge in [-0.1, -0.05) is 36.8 Å². The summed E-state index contributed by atoms with van der Waals surface area (Å²) >= 11 is 0. The molecule has 1 N–H and O–H groups in total. The molecule has 184 valence electrons. The number of pyridine rings is 1. The van der Waals surface area contributed by atoms with Gasteiger partial charge in [0.1, 0.15) is 0 Å². The first kappa shape index (κ1) is 22.2. The van der Waals surface area contributed by atoms with Gasteiger partial charge in [-0.25, -0.2) is 13.1 Å². The second kappa shape index (κ2) is 7.29. The third kappa shape index (κ3) is 3.20. The molecule has 3 fully saturated rings. The van der Waals surface area contributed by atoms with Crippen LogP contribution >= 0.6 is 0 Å². The number of nitrogens with zero attached hydrogens (tertiary/aromatic N) is 1. The fourth-order valence-corrected chi connectivity index (χ4v) is 10.4. The molecule has 3 saturated carbocycles. The molecular weight excluding hydrogens is 452 g/mol. The highest BCUT2D eigenvalue weighted by molar-refractivity contribution is 7.88. The predicted molar refractivity (Wildman–Crippen MR) is 140 cm³/mol. The molecule has 6 atom stereocenters. The molecule has 0 saturated heterocycles. The summed E-state index contributed by atoms with van der Waals surface area (Å²) in [6.07, 6.45) is 20.8. The molecule has 5 aliphatic carbocycles. The standard InChI is InChI=1S/C30H36N2O2S/c1-28-11-9-24-16-23-5-6-25(32-35(2,33)34)17-29(23)12-13-30(24,19-29)27(28)8-7-26(28)21-4-3-20-10-14-31-18-22(20)15-21/h3-4,9-10,14-16,18,25-27,32H,5-8,11-13,17,19H2,1-2H3/t25-,26-,27-,28-,29+,30-/m1/s1. The minimum Gasteiger partial charge on any atom is -0.264 e. The average molecular weight is 489 g/mol. The van der Waals surface area contributed by atoms with E-state index >= 15 is 0 Å². The van der Waals surface area contributed by atoms with E-state index < -0.39 is 10.0 Å². The maximum absolute atomic E-state index is 12.0. The molecule has 0 unspecified atom stereocenters. The summed E-state index contributed by atoms with van der Waals surface area (Å²) < 4.78 is 27.0. The Labute approximate surface area is 209 Å². The third-order valence-corrected chi connectivity index (χ3v) is 11.7. The zero-order valence-corrected chi connectivity index (χ0v) is 21.7. The van der Waals surface area contributed by atoms with Crippen LogP contribution in [-0.2, 0) is 10.0 Å². The average Bonchev–Trinajstić information content (AvgIpc) is 3.33. The van der Waals surface area contributed by atoms with Crippen LogP contribution in [0.5, 0.6) is 0 Å². The molecule has 1 heterocycles. The van der Waals surface area contributed by atoms with E-state index in [4.69, 9.17) is 0 Å². The van der Waals surface area contributed by atoms with Crippen molar-refractivity contribution in [2.24, 2.45) is 22.2 Å². The van der Waals surface area contributed by atoms with E-state index in [1.54, 1.807) is 11.1 Å². The maximum Gasteiger partial charge on any atom is 0.208 e. The van der Waals surface area contributed by atoms with Gasteiger partial charge in [-0.3, -0.25) is 4.98 Å². The molecule has 0 radical (unpaired) electrons. The molecular formula is C30H36N2O2S.